The molecular formula is C12H16BrN3O. The van der Waals surface area contributed by atoms with Crippen LogP contribution in [0.5, 0.6) is 0 Å². The van der Waals surface area contributed by atoms with Crippen LogP contribution in [-0.2, 0) is 0 Å². The summed E-state index contributed by atoms with van der Waals surface area (Å²) >= 11 is 3.31. The molecule has 1 heterocycles. The minimum Gasteiger partial charge on any atom is -0.349 e. The molecule has 0 aliphatic heterocycles. The standard InChI is InChI=1S/C12H16BrN3O/c13-10-4-9(6-15-7-10)12(17)16-11-3-1-2-8(11)5-14/h4,6-8,11H,1-3,5,14H2,(H,16,17). The molecule has 1 aliphatic rings. The Morgan fingerprint density at radius 3 is 3.06 bits per heavy atom. The minimum absolute atomic E-state index is 0.0656. The molecule has 5 heteroatoms. The Labute approximate surface area is 109 Å². The topological polar surface area (TPSA) is 68.0 Å². The van der Waals surface area contributed by atoms with E-state index in [0.29, 0.717) is 18.0 Å². The van der Waals surface area contributed by atoms with Gasteiger partial charge in [-0.1, -0.05) is 6.42 Å². The van der Waals surface area contributed by atoms with E-state index < -0.39 is 0 Å². The second-order valence-corrected chi connectivity index (χ2v) is 5.31. The molecular weight excluding hydrogens is 282 g/mol. The molecule has 1 amide bonds. The van der Waals surface area contributed by atoms with E-state index in [9.17, 15) is 4.79 Å². The number of hydrogen-bond acceptors (Lipinski definition) is 3. The molecule has 2 rings (SSSR count). The van der Waals surface area contributed by atoms with E-state index in [1.165, 1.54) is 0 Å². The summed E-state index contributed by atoms with van der Waals surface area (Å²) in [5, 5.41) is 3.04. The van der Waals surface area contributed by atoms with E-state index in [1.807, 2.05) is 0 Å². The largest absolute Gasteiger partial charge is 0.349 e. The fraction of sp³-hybridized carbons (Fsp3) is 0.500. The van der Waals surface area contributed by atoms with E-state index in [1.54, 1.807) is 18.5 Å². The number of nitrogens with one attached hydrogen (secondary N) is 1. The molecule has 2 unspecified atom stereocenters. The number of rotatable bonds is 3. The normalized spacial score (nSPS) is 23.6. The Morgan fingerprint density at radius 2 is 2.35 bits per heavy atom. The van der Waals surface area contributed by atoms with Gasteiger partial charge in [-0.05, 0) is 47.3 Å². The van der Waals surface area contributed by atoms with Gasteiger partial charge in [0.1, 0.15) is 0 Å². The Bertz CT molecular complexity index is 410. The zero-order chi connectivity index (χ0) is 12.3. The van der Waals surface area contributed by atoms with Gasteiger partial charge in [-0.3, -0.25) is 9.78 Å². The number of nitrogens with two attached hydrogens (primary N) is 1. The van der Waals surface area contributed by atoms with Crippen molar-refractivity contribution in [2.45, 2.75) is 25.3 Å². The first-order valence-electron chi connectivity index (χ1n) is 5.82. The lowest BCUT2D eigenvalue weighted by Gasteiger charge is -2.19. The van der Waals surface area contributed by atoms with Crippen LogP contribution in [0, 0.1) is 5.92 Å². The summed E-state index contributed by atoms with van der Waals surface area (Å²) in [4.78, 5) is 16.0. The predicted octanol–water partition coefficient (Wildman–Crippen LogP) is 1.70. The second kappa shape index (κ2) is 5.60. The maximum atomic E-state index is 12.0. The van der Waals surface area contributed by atoms with Crippen LogP contribution in [0.3, 0.4) is 0 Å². The van der Waals surface area contributed by atoms with Gasteiger partial charge in [-0.25, -0.2) is 0 Å². The molecule has 1 aromatic rings. The minimum atomic E-state index is -0.0656. The van der Waals surface area contributed by atoms with Crippen molar-refractivity contribution in [3.63, 3.8) is 0 Å². The van der Waals surface area contributed by atoms with Crippen LogP contribution in [0.2, 0.25) is 0 Å². The lowest BCUT2D eigenvalue weighted by molar-refractivity contribution is 0.0928. The third-order valence-electron chi connectivity index (χ3n) is 3.25. The summed E-state index contributed by atoms with van der Waals surface area (Å²) in [7, 11) is 0. The number of amides is 1. The molecule has 4 nitrogen and oxygen atoms in total. The molecule has 3 N–H and O–H groups in total. The van der Waals surface area contributed by atoms with Crippen molar-refractivity contribution in [1.29, 1.82) is 0 Å². The highest BCUT2D eigenvalue weighted by Gasteiger charge is 2.27. The number of halogens is 1. The molecule has 0 aromatic carbocycles. The number of carbonyl (C=O) groups is 1. The first kappa shape index (κ1) is 12.5. The predicted molar refractivity (Wildman–Crippen MR) is 69.6 cm³/mol. The molecule has 1 aliphatic carbocycles. The SMILES string of the molecule is NCC1CCCC1NC(=O)c1cncc(Br)c1. The zero-order valence-electron chi connectivity index (χ0n) is 9.53. The zero-order valence-corrected chi connectivity index (χ0v) is 11.1. The fourth-order valence-electron chi connectivity index (χ4n) is 2.30. The van der Waals surface area contributed by atoms with Crippen molar-refractivity contribution in [1.82, 2.24) is 10.3 Å². The number of hydrogen-bond donors (Lipinski definition) is 2. The van der Waals surface area contributed by atoms with Gasteiger partial charge in [-0.2, -0.15) is 0 Å². The fourth-order valence-corrected chi connectivity index (χ4v) is 2.66. The average Bonchev–Trinajstić information content (AvgIpc) is 2.76. The van der Waals surface area contributed by atoms with Crippen LogP contribution >= 0.6 is 15.9 Å². The molecule has 1 aromatic heterocycles. The molecule has 0 spiro atoms. The van der Waals surface area contributed by atoms with E-state index >= 15 is 0 Å². The van der Waals surface area contributed by atoms with Gasteiger partial charge in [0.05, 0.1) is 5.56 Å². The van der Waals surface area contributed by atoms with Crippen LogP contribution in [0.1, 0.15) is 29.6 Å². The summed E-state index contributed by atoms with van der Waals surface area (Å²) in [5.74, 6) is 0.350. The van der Waals surface area contributed by atoms with Crippen molar-refractivity contribution in [3.8, 4) is 0 Å². The van der Waals surface area contributed by atoms with E-state index in [0.717, 1.165) is 23.7 Å². The third kappa shape index (κ3) is 3.04. The van der Waals surface area contributed by atoms with Crippen molar-refractivity contribution in [2.24, 2.45) is 11.7 Å². The third-order valence-corrected chi connectivity index (χ3v) is 3.68. The summed E-state index contributed by atoms with van der Waals surface area (Å²) in [6.45, 7) is 0.641. The average molecular weight is 298 g/mol. The number of pyridine rings is 1. The van der Waals surface area contributed by atoms with Crippen LogP contribution in [0.25, 0.3) is 0 Å². The van der Waals surface area contributed by atoms with E-state index in [-0.39, 0.29) is 11.9 Å². The first-order chi connectivity index (χ1) is 8.20. The van der Waals surface area contributed by atoms with E-state index in [4.69, 9.17) is 5.73 Å². The molecule has 1 saturated carbocycles. The second-order valence-electron chi connectivity index (χ2n) is 4.40. The molecule has 0 saturated heterocycles. The highest BCUT2D eigenvalue weighted by Crippen LogP contribution is 2.24. The molecule has 1 fully saturated rings. The Morgan fingerprint density at radius 1 is 1.53 bits per heavy atom. The van der Waals surface area contributed by atoms with Crippen LogP contribution in [0.15, 0.2) is 22.9 Å². The molecule has 92 valence electrons. The molecule has 0 bridgehead atoms. The lowest BCUT2D eigenvalue weighted by atomic mass is 10.0. The summed E-state index contributed by atoms with van der Waals surface area (Å²) in [6, 6.07) is 1.99. The number of aromatic nitrogens is 1. The van der Waals surface area contributed by atoms with Gasteiger partial charge in [-0.15, -0.1) is 0 Å². The van der Waals surface area contributed by atoms with Gasteiger partial charge < -0.3 is 11.1 Å². The highest BCUT2D eigenvalue weighted by atomic mass is 79.9. The molecule has 0 radical (unpaired) electrons. The van der Waals surface area contributed by atoms with Gasteiger partial charge in [0.15, 0.2) is 0 Å². The Balaban J connectivity index is 2.01. The number of nitrogens with zero attached hydrogens (tertiary/aromatic N) is 1. The van der Waals surface area contributed by atoms with Crippen LogP contribution in [-0.4, -0.2) is 23.5 Å². The van der Waals surface area contributed by atoms with E-state index in [2.05, 4.69) is 26.2 Å². The molecule has 2 atom stereocenters. The van der Waals surface area contributed by atoms with Gasteiger partial charge in [0.2, 0.25) is 0 Å². The van der Waals surface area contributed by atoms with Crippen molar-refractivity contribution >= 4 is 21.8 Å². The first-order valence-corrected chi connectivity index (χ1v) is 6.61. The monoisotopic (exact) mass is 297 g/mol. The Kier molecular flexibility index (Phi) is 4.12. The molecule has 17 heavy (non-hydrogen) atoms. The number of carbonyl (C=O) groups excluding carboxylic acids is 1. The Hall–Kier alpha value is -0.940. The van der Waals surface area contributed by atoms with Gasteiger partial charge in [0.25, 0.3) is 5.91 Å². The quantitative estimate of drug-likeness (QED) is 0.892. The van der Waals surface area contributed by atoms with Crippen LogP contribution in [0.4, 0.5) is 0 Å². The summed E-state index contributed by atoms with van der Waals surface area (Å²) in [5.41, 5.74) is 6.28. The maximum absolute atomic E-state index is 12.0. The van der Waals surface area contributed by atoms with Crippen molar-refractivity contribution < 1.29 is 4.79 Å². The smallest absolute Gasteiger partial charge is 0.253 e. The van der Waals surface area contributed by atoms with Crippen molar-refractivity contribution in [3.05, 3.63) is 28.5 Å². The van der Waals surface area contributed by atoms with Gasteiger partial charge >= 0.3 is 0 Å². The lowest BCUT2D eigenvalue weighted by Crippen LogP contribution is -2.39. The summed E-state index contributed by atoms with van der Waals surface area (Å²) < 4.78 is 0.812. The maximum Gasteiger partial charge on any atom is 0.253 e. The highest BCUT2D eigenvalue weighted by molar-refractivity contribution is 9.10. The van der Waals surface area contributed by atoms with Crippen molar-refractivity contribution in [2.75, 3.05) is 6.54 Å². The van der Waals surface area contributed by atoms with Crippen LogP contribution < -0.4 is 11.1 Å². The summed E-state index contributed by atoms with van der Waals surface area (Å²) in [6.07, 6.45) is 6.51. The van der Waals surface area contributed by atoms with Gasteiger partial charge in [0, 0.05) is 22.9 Å².